The molecule has 0 fully saturated rings. The lowest BCUT2D eigenvalue weighted by Crippen LogP contribution is -2.34. The number of rotatable bonds is 4. The zero-order valence-corrected chi connectivity index (χ0v) is 17.1. The number of phenols is 1. The van der Waals surface area contributed by atoms with Gasteiger partial charge in [0.05, 0.1) is 26.0 Å². The predicted octanol–water partition coefficient (Wildman–Crippen LogP) is 4.79. The van der Waals surface area contributed by atoms with Gasteiger partial charge >= 0.3 is 0 Å². The summed E-state index contributed by atoms with van der Waals surface area (Å²) in [5.41, 5.74) is 2.85. The lowest BCUT2D eigenvalue weighted by Gasteiger charge is -2.38. The molecule has 2 aliphatic heterocycles. The lowest BCUT2D eigenvalue weighted by molar-refractivity contribution is -0.0210. The van der Waals surface area contributed by atoms with Crippen LogP contribution in [-0.2, 0) is 0 Å². The summed E-state index contributed by atoms with van der Waals surface area (Å²) in [4.78, 5) is 0. The first kappa shape index (κ1) is 19.2. The first-order valence-corrected chi connectivity index (χ1v) is 9.91. The van der Waals surface area contributed by atoms with E-state index in [1.54, 1.807) is 38.5 Å². The number of phenolic OH excluding ortho intramolecular Hbond substituents is 1. The quantitative estimate of drug-likeness (QED) is 0.658. The molecular formula is C24H21FN2O4. The van der Waals surface area contributed by atoms with E-state index in [1.807, 2.05) is 29.3 Å². The maximum atomic E-state index is 14.0. The molecule has 0 saturated carbocycles. The highest BCUT2D eigenvalue weighted by Crippen LogP contribution is 2.51. The number of aromatic hydroxyl groups is 1. The van der Waals surface area contributed by atoms with Crippen LogP contribution in [-0.4, -0.2) is 30.0 Å². The van der Waals surface area contributed by atoms with E-state index in [-0.39, 0.29) is 17.6 Å². The molecule has 1 N–H and O–H groups in total. The van der Waals surface area contributed by atoms with Crippen molar-refractivity contribution in [2.24, 2.45) is 5.10 Å². The van der Waals surface area contributed by atoms with Crippen molar-refractivity contribution < 1.29 is 23.7 Å². The molecule has 5 rings (SSSR count). The third-order valence-corrected chi connectivity index (χ3v) is 5.65. The second kappa shape index (κ2) is 7.50. The zero-order chi connectivity index (χ0) is 21.5. The normalized spacial score (nSPS) is 19.2. The first-order valence-electron chi connectivity index (χ1n) is 9.91. The highest BCUT2D eigenvalue weighted by molar-refractivity contribution is 6.04. The van der Waals surface area contributed by atoms with Crippen LogP contribution in [0.3, 0.4) is 0 Å². The van der Waals surface area contributed by atoms with E-state index < -0.39 is 6.23 Å². The maximum Gasteiger partial charge on any atom is 0.214 e. The van der Waals surface area contributed by atoms with Gasteiger partial charge in [0.1, 0.15) is 17.3 Å². The smallest absolute Gasteiger partial charge is 0.214 e. The van der Waals surface area contributed by atoms with Gasteiger partial charge in [0, 0.05) is 23.1 Å². The van der Waals surface area contributed by atoms with E-state index in [0.29, 0.717) is 40.5 Å². The van der Waals surface area contributed by atoms with Gasteiger partial charge in [-0.3, -0.25) is 0 Å². The summed E-state index contributed by atoms with van der Waals surface area (Å²) in [7, 11) is 3.17. The molecule has 0 bridgehead atoms. The molecule has 0 unspecified atom stereocenters. The summed E-state index contributed by atoms with van der Waals surface area (Å²) in [5.74, 6) is 1.62. The summed E-state index contributed by atoms with van der Waals surface area (Å²) in [6.07, 6.45) is -0.106. The summed E-state index contributed by atoms with van der Waals surface area (Å²) in [6, 6.07) is 16.9. The molecule has 3 aromatic rings. The van der Waals surface area contributed by atoms with Crippen molar-refractivity contribution in [3.05, 3.63) is 83.2 Å². The van der Waals surface area contributed by atoms with Crippen molar-refractivity contribution in [2.75, 3.05) is 14.2 Å². The Morgan fingerprint density at radius 3 is 2.68 bits per heavy atom. The number of hydrazone groups is 1. The Hall–Kier alpha value is -3.74. The van der Waals surface area contributed by atoms with Gasteiger partial charge in [-0.05, 0) is 36.4 Å². The van der Waals surface area contributed by atoms with Gasteiger partial charge in [0.25, 0.3) is 0 Å². The van der Waals surface area contributed by atoms with E-state index in [4.69, 9.17) is 19.3 Å². The molecule has 0 aromatic heterocycles. The number of methoxy groups -OCH3 is 2. The SMILES string of the molecule is COc1ccc(O)c(C2=NN3[C@H](C2)c2cccc(OC)c2O[C@@H]3c2cccc(F)c2)c1. The lowest BCUT2D eigenvalue weighted by atomic mass is 9.95. The zero-order valence-electron chi connectivity index (χ0n) is 17.1. The van der Waals surface area contributed by atoms with Crippen molar-refractivity contribution in [1.29, 1.82) is 0 Å². The fourth-order valence-corrected chi connectivity index (χ4v) is 4.16. The highest BCUT2D eigenvalue weighted by atomic mass is 19.1. The van der Waals surface area contributed by atoms with Crippen LogP contribution in [0.4, 0.5) is 4.39 Å². The van der Waals surface area contributed by atoms with Gasteiger partial charge in [-0.25, -0.2) is 9.40 Å². The molecule has 0 spiro atoms. The average Bonchev–Trinajstić information content (AvgIpc) is 3.24. The van der Waals surface area contributed by atoms with Crippen molar-refractivity contribution in [3.63, 3.8) is 0 Å². The van der Waals surface area contributed by atoms with Gasteiger partial charge in [-0.15, -0.1) is 0 Å². The summed E-state index contributed by atoms with van der Waals surface area (Å²) in [6.45, 7) is 0. The van der Waals surface area contributed by atoms with E-state index in [9.17, 15) is 9.50 Å². The number of hydrogen-bond acceptors (Lipinski definition) is 6. The van der Waals surface area contributed by atoms with E-state index in [0.717, 1.165) is 5.56 Å². The molecule has 0 radical (unpaired) electrons. The average molecular weight is 420 g/mol. The number of fused-ring (bicyclic) bond motifs is 3. The molecule has 0 saturated heterocycles. The molecule has 7 heteroatoms. The molecule has 3 aromatic carbocycles. The van der Waals surface area contributed by atoms with E-state index in [2.05, 4.69) is 0 Å². The second-order valence-electron chi connectivity index (χ2n) is 7.43. The monoisotopic (exact) mass is 420 g/mol. The Labute approximate surface area is 179 Å². The van der Waals surface area contributed by atoms with Crippen LogP contribution in [0, 0.1) is 5.82 Å². The standard InChI is InChI=1S/C24H21FN2O4/c1-29-16-9-10-21(28)18(12-16)19-13-20-17-7-4-8-22(30-2)23(17)31-24(27(20)26-19)14-5-3-6-15(25)11-14/h3-12,20,24,28H,13H2,1-2H3/t20-,24-/m1/s1. The second-order valence-corrected chi connectivity index (χ2v) is 7.43. The summed E-state index contributed by atoms with van der Waals surface area (Å²) in [5, 5.41) is 17.1. The first-order chi connectivity index (χ1) is 15.1. The minimum atomic E-state index is -0.644. The predicted molar refractivity (Wildman–Crippen MR) is 113 cm³/mol. The Bertz CT molecular complexity index is 1180. The van der Waals surface area contributed by atoms with E-state index >= 15 is 0 Å². The molecule has 2 aliphatic rings. The van der Waals surface area contributed by atoms with Crippen molar-refractivity contribution in [1.82, 2.24) is 5.01 Å². The van der Waals surface area contributed by atoms with Crippen molar-refractivity contribution in [3.8, 4) is 23.0 Å². The highest BCUT2D eigenvalue weighted by Gasteiger charge is 2.42. The summed E-state index contributed by atoms with van der Waals surface area (Å²) < 4.78 is 31.1. The fraction of sp³-hybridized carbons (Fsp3) is 0.208. The van der Waals surface area contributed by atoms with Crippen LogP contribution < -0.4 is 14.2 Å². The van der Waals surface area contributed by atoms with Gasteiger partial charge in [-0.1, -0.05) is 24.3 Å². The van der Waals surface area contributed by atoms with Crippen LogP contribution in [0.2, 0.25) is 0 Å². The minimum Gasteiger partial charge on any atom is -0.507 e. The minimum absolute atomic E-state index is 0.119. The Balaban J connectivity index is 1.64. The number of para-hydroxylation sites is 1. The number of ether oxygens (including phenoxy) is 3. The van der Waals surface area contributed by atoms with Gasteiger partial charge in [0.15, 0.2) is 11.5 Å². The van der Waals surface area contributed by atoms with Gasteiger partial charge < -0.3 is 19.3 Å². The third-order valence-electron chi connectivity index (χ3n) is 5.65. The van der Waals surface area contributed by atoms with Crippen LogP contribution in [0.15, 0.2) is 65.8 Å². The Kier molecular flexibility index (Phi) is 4.66. The van der Waals surface area contributed by atoms with Crippen LogP contribution in [0.5, 0.6) is 23.0 Å². The Morgan fingerprint density at radius 2 is 1.90 bits per heavy atom. The van der Waals surface area contributed by atoms with Crippen molar-refractivity contribution in [2.45, 2.75) is 18.7 Å². The number of benzene rings is 3. The molecule has 31 heavy (non-hydrogen) atoms. The van der Waals surface area contributed by atoms with Crippen LogP contribution >= 0.6 is 0 Å². The van der Waals surface area contributed by atoms with Gasteiger partial charge in [0.2, 0.25) is 6.23 Å². The van der Waals surface area contributed by atoms with Gasteiger partial charge in [-0.2, -0.15) is 5.10 Å². The van der Waals surface area contributed by atoms with Crippen molar-refractivity contribution >= 4 is 5.71 Å². The number of hydrogen-bond donors (Lipinski definition) is 1. The largest absolute Gasteiger partial charge is 0.507 e. The topological polar surface area (TPSA) is 63.5 Å². The van der Waals surface area contributed by atoms with Crippen LogP contribution in [0.25, 0.3) is 0 Å². The number of halogens is 1. The molecule has 6 nitrogen and oxygen atoms in total. The maximum absolute atomic E-state index is 14.0. The molecular weight excluding hydrogens is 399 g/mol. The molecule has 158 valence electrons. The molecule has 2 atom stereocenters. The number of nitrogens with zero attached hydrogens (tertiary/aromatic N) is 2. The fourth-order valence-electron chi connectivity index (χ4n) is 4.16. The summed E-state index contributed by atoms with van der Waals surface area (Å²) >= 11 is 0. The molecule has 2 heterocycles. The third kappa shape index (κ3) is 3.22. The Morgan fingerprint density at radius 1 is 1.06 bits per heavy atom. The van der Waals surface area contributed by atoms with E-state index in [1.165, 1.54) is 12.1 Å². The molecule has 0 amide bonds. The molecule has 0 aliphatic carbocycles. The van der Waals surface area contributed by atoms with Crippen LogP contribution in [0.1, 0.15) is 35.4 Å².